The molecule has 0 saturated heterocycles. The molecule has 0 aliphatic heterocycles. The average molecular weight is 260 g/mol. The minimum atomic E-state index is -0.346. The molecule has 0 aliphatic rings. The SMILES string of the molecule is CC(=NNC(=O)c1ccnn1C)c1ccc(F)cc1. The van der Waals surface area contributed by atoms with E-state index in [4.69, 9.17) is 0 Å². The van der Waals surface area contributed by atoms with Crippen LogP contribution < -0.4 is 5.43 Å². The maximum absolute atomic E-state index is 12.8. The van der Waals surface area contributed by atoms with Gasteiger partial charge in [-0.15, -0.1) is 0 Å². The van der Waals surface area contributed by atoms with Gasteiger partial charge in [0.15, 0.2) is 0 Å². The van der Waals surface area contributed by atoms with Crippen molar-refractivity contribution in [1.29, 1.82) is 0 Å². The van der Waals surface area contributed by atoms with E-state index in [-0.39, 0.29) is 11.7 Å². The number of benzene rings is 1. The van der Waals surface area contributed by atoms with Gasteiger partial charge in [0.2, 0.25) is 0 Å². The third-order valence-electron chi connectivity index (χ3n) is 2.64. The molecule has 0 saturated carbocycles. The number of aromatic nitrogens is 2. The van der Waals surface area contributed by atoms with E-state index in [1.165, 1.54) is 23.0 Å². The first-order chi connectivity index (χ1) is 9.08. The number of amides is 1. The van der Waals surface area contributed by atoms with Crippen molar-refractivity contribution in [1.82, 2.24) is 15.2 Å². The second-order valence-electron chi connectivity index (χ2n) is 3.99. The van der Waals surface area contributed by atoms with Crippen molar-refractivity contribution in [3.8, 4) is 0 Å². The van der Waals surface area contributed by atoms with Gasteiger partial charge in [0.25, 0.3) is 5.91 Å². The summed E-state index contributed by atoms with van der Waals surface area (Å²) < 4.78 is 14.2. The molecule has 1 amide bonds. The Balaban J connectivity index is 2.08. The molecule has 1 aromatic heterocycles. The van der Waals surface area contributed by atoms with E-state index < -0.39 is 0 Å². The molecule has 98 valence electrons. The first-order valence-electron chi connectivity index (χ1n) is 5.66. The molecule has 0 unspecified atom stereocenters. The maximum atomic E-state index is 12.8. The van der Waals surface area contributed by atoms with Gasteiger partial charge in [0.1, 0.15) is 11.5 Å². The van der Waals surface area contributed by atoms with Crippen molar-refractivity contribution >= 4 is 11.6 Å². The lowest BCUT2D eigenvalue weighted by Crippen LogP contribution is -2.22. The van der Waals surface area contributed by atoms with Crippen LogP contribution in [0.2, 0.25) is 0 Å². The van der Waals surface area contributed by atoms with Crippen LogP contribution in [0, 0.1) is 5.82 Å². The van der Waals surface area contributed by atoms with Gasteiger partial charge in [0.05, 0.1) is 5.71 Å². The predicted molar refractivity (Wildman–Crippen MR) is 69.3 cm³/mol. The van der Waals surface area contributed by atoms with E-state index in [9.17, 15) is 9.18 Å². The summed E-state index contributed by atoms with van der Waals surface area (Å²) in [5, 5.41) is 7.87. The summed E-state index contributed by atoms with van der Waals surface area (Å²) in [5.41, 5.74) is 4.18. The second-order valence-corrected chi connectivity index (χ2v) is 3.99. The highest BCUT2D eigenvalue weighted by Gasteiger charge is 2.08. The van der Waals surface area contributed by atoms with Crippen LogP contribution in [0.15, 0.2) is 41.6 Å². The predicted octanol–water partition coefficient (Wildman–Crippen LogP) is 1.71. The molecule has 0 aliphatic carbocycles. The van der Waals surface area contributed by atoms with Gasteiger partial charge >= 0.3 is 0 Å². The van der Waals surface area contributed by atoms with Crippen LogP contribution in [-0.2, 0) is 7.05 Å². The van der Waals surface area contributed by atoms with Crippen molar-refractivity contribution in [2.24, 2.45) is 12.1 Å². The summed E-state index contributed by atoms with van der Waals surface area (Å²) >= 11 is 0. The number of hydrogen-bond donors (Lipinski definition) is 1. The highest BCUT2D eigenvalue weighted by Crippen LogP contribution is 2.04. The standard InChI is InChI=1S/C13H13FN4O/c1-9(10-3-5-11(14)6-4-10)16-17-13(19)12-7-8-15-18(12)2/h3-8H,1-2H3,(H,17,19). The topological polar surface area (TPSA) is 59.3 Å². The normalized spacial score (nSPS) is 11.4. The smallest absolute Gasteiger partial charge is 0.266 e. The summed E-state index contributed by atoms with van der Waals surface area (Å²) in [6.45, 7) is 1.73. The first kappa shape index (κ1) is 12.9. The van der Waals surface area contributed by atoms with Crippen LogP contribution in [0.5, 0.6) is 0 Å². The van der Waals surface area contributed by atoms with Gasteiger partial charge in [0, 0.05) is 13.2 Å². The molecule has 1 aromatic carbocycles. The van der Waals surface area contributed by atoms with Crippen molar-refractivity contribution in [3.05, 3.63) is 53.6 Å². The van der Waals surface area contributed by atoms with Gasteiger partial charge in [-0.25, -0.2) is 9.82 Å². The Kier molecular flexibility index (Phi) is 3.70. The largest absolute Gasteiger partial charge is 0.289 e. The minimum absolute atomic E-state index is 0.310. The lowest BCUT2D eigenvalue weighted by Gasteiger charge is -2.03. The fourth-order valence-corrected chi connectivity index (χ4v) is 1.54. The molecule has 0 fully saturated rings. The lowest BCUT2D eigenvalue weighted by atomic mass is 10.1. The number of hydrazone groups is 1. The quantitative estimate of drug-likeness (QED) is 0.674. The Hall–Kier alpha value is -2.50. The summed E-state index contributed by atoms with van der Waals surface area (Å²) in [6.07, 6.45) is 1.53. The fraction of sp³-hybridized carbons (Fsp3) is 0.154. The molecule has 1 N–H and O–H groups in total. The van der Waals surface area contributed by atoms with Crippen LogP contribution >= 0.6 is 0 Å². The zero-order valence-corrected chi connectivity index (χ0v) is 10.6. The third-order valence-corrected chi connectivity index (χ3v) is 2.64. The zero-order valence-electron chi connectivity index (χ0n) is 10.6. The van der Waals surface area contributed by atoms with Crippen LogP contribution in [-0.4, -0.2) is 21.4 Å². The van der Waals surface area contributed by atoms with Crippen molar-refractivity contribution < 1.29 is 9.18 Å². The van der Waals surface area contributed by atoms with Gasteiger partial charge < -0.3 is 0 Å². The number of aryl methyl sites for hydroxylation is 1. The molecule has 0 radical (unpaired) electrons. The Morgan fingerprint density at radius 3 is 2.58 bits per heavy atom. The third kappa shape index (κ3) is 3.04. The Morgan fingerprint density at radius 2 is 2.00 bits per heavy atom. The highest BCUT2D eigenvalue weighted by molar-refractivity contribution is 6.00. The van der Waals surface area contributed by atoms with E-state index in [0.717, 1.165) is 5.56 Å². The van der Waals surface area contributed by atoms with Gasteiger partial charge in [-0.3, -0.25) is 9.48 Å². The first-order valence-corrected chi connectivity index (χ1v) is 5.66. The molecule has 2 rings (SSSR count). The average Bonchev–Trinajstić information content (AvgIpc) is 2.83. The number of nitrogens with zero attached hydrogens (tertiary/aromatic N) is 3. The summed E-state index contributed by atoms with van der Waals surface area (Å²) in [6, 6.07) is 7.49. The fourth-order valence-electron chi connectivity index (χ4n) is 1.54. The molecule has 5 nitrogen and oxygen atoms in total. The van der Waals surface area contributed by atoms with Crippen molar-refractivity contribution in [2.45, 2.75) is 6.92 Å². The second kappa shape index (κ2) is 5.43. The molecular formula is C13H13FN4O. The number of carbonyl (C=O) groups excluding carboxylic acids is 1. The minimum Gasteiger partial charge on any atom is -0.266 e. The van der Waals surface area contributed by atoms with Crippen LogP contribution in [0.4, 0.5) is 4.39 Å². The Morgan fingerprint density at radius 1 is 1.32 bits per heavy atom. The lowest BCUT2D eigenvalue weighted by molar-refractivity contribution is 0.0945. The number of halogens is 1. The van der Waals surface area contributed by atoms with Gasteiger partial charge in [-0.2, -0.15) is 10.2 Å². The number of nitrogens with one attached hydrogen (secondary N) is 1. The summed E-state index contributed by atoms with van der Waals surface area (Å²) in [7, 11) is 1.67. The van der Waals surface area contributed by atoms with Crippen molar-refractivity contribution in [2.75, 3.05) is 0 Å². The molecule has 2 aromatic rings. The van der Waals surface area contributed by atoms with E-state index in [0.29, 0.717) is 11.4 Å². The van der Waals surface area contributed by atoms with Crippen LogP contribution in [0.3, 0.4) is 0 Å². The monoisotopic (exact) mass is 260 g/mol. The van der Waals surface area contributed by atoms with E-state index in [2.05, 4.69) is 15.6 Å². The maximum Gasteiger partial charge on any atom is 0.289 e. The molecule has 6 heteroatoms. The van der Waals surface area contributed by atoms with Gasteiger partial charge in [-0.1, -0.05) is 12.1 Å². The molecular weight excluding hydrogens is 247 g/mol. The molecule has 0 atom stereocenters. The highest BCUT2D eigenvalue weighted by atomic mass is 19.1. The molecule has 19 heavy (non-hydrogen) atoms. The van der Waals surface area contributed by atoms with Crippen LogP contribution in [0.1, 0.15) is 23.0 Å². The van der Waals surface area contributed by atoms with E-state index >= 15 is 0 Å². The summed E-state index contributed by atoms with van der Waals surface area (Å²) in [4.78, 5) is 11.8. The molecule has 0 spiro atoms. The molecule has 1 heterocycles. The number of hydrogen-bond acceptors (Lipinski definition) is 3. The van der Waals surface area contributed by atoms with E-state index in [1.807, 2.05) is 0 Å². The van der Waals surface area contributed by atoms with Gasteiger partial charge in [-0.05, 0) is 30.7 Å². The number of carbonyl (C=O) groups is 1. The Bertz CT molecular complexity index is 616. The zero-order chi connectivity index (χ0) is 13.8. The summed E-state index contributed by atoms with van der Waals surface area (Å²) in [5.74, 6) is -0.656. The van der Waals surface area contributed by atoms with Crippen LogP contribution in [0.25, 0.3) is 0 Å². The molecule has 0 bridgehead atoms. The number of rotatable bonds is 3. The van der Waals surface area contributed by atoms with Crippen molar-refractivity contribution in [3.63, 3.8) is 0 Å². The van der Waals surface area contributed by atoms with E-state index in [1.54, 1.807) is 32.2 Å². The Labute approximate surface area is 109 Å².